The second kappa shape index (κ2) is 7.53. The first kappa shape index (κ1) is 17.7. The summed E-state index contributed by atoms with van der Waals surface area (Å²) in [6.45, 7) is 0.109. The second-order valence-electron chi connectivity index (χ2n) is 6.29. The van der Waals surface area contributed by atoms with Crippen LogP contribution in [0.1, 0.15) is 0 Å². The fourth-order valence-corrected chi connectivity index (χ4v) is 3.06. The van der Waals surface area contributed by atoms with Gasteiger partial charge in [0.15, 0.2) is 0 Å². The summed E-state index contributed by atoms with van der Waals surface area (Å²) in [5.41, 5.74) is 0.457. The molecule has 2 N–H and O–H groups in total. The van der Waals surface area contributed by atoms with E-state index in [2.05, 4.69) is 10.3 Å². The Hall–Kier alpha value is -3.65. The molecule has 142 valence electrons. The van der Waals surface area contributed by atoms with Gasteiger partial charge < -0.3 is 25.3 Å². The van der Waals surface area contributed by atoms with Gasteiger partial charge in [0.2, 0.25) is 11.5 Å². The van der Waals surface area contributed by atoms with Crippen LogP contribution in [0.4, 0.5) is 11.6 Å². The van der Waals surface area contributed by atoms with Crippen LogP contribution in [0.2, 0.25) is 0 Å². The molecule has 0 aliphatic carbocycles. The molecule has 2 heterocycles. The third-order valence-electron chi connectivity index (χ3n) is 4.36. The molecule has 0 aliphatic rings. The smallest absolute Gasteiger partial charge is 0.372 e. The van der Waals surface area contributed by atoms with Gasteiger partial charge in [-0.15, -0.1) is 0 Å². The Morgan fingerprint density at radius 1 is 1.14 bits per heavy atom. The van der Waals surface area contributed by atoms with Gasteiger partial charge in [-0.2, -0.15) is 9.38 Å². The summed E-state index contributed by atoms with van der Waals surface area (Å²) < 4.78 is 7.15. The lowest BCUT2D eigenvalue weighted by Crippen LogP contribution is -2.26. The van der Waals surface area contributed by atoms with E-state index in [-0.39, 0.29) is 24.8 Å². The Bertz CT molecular complexity index is 1140. The second-order valence-corrected chi connectivity index (χ2v) is 6.29. The van der Waals surface area contributed by atoms with E-state index in [1.807, 2.05) is 42.5 Å². The predicted octanol–water partition coefficient (Wildman–Crippen LogP) is 3.25. The van der Waals surface area contributed by atoms with Gasteiger partial charge in [0.25, 0.3) is 0 Å². The highest BCUT2D eigenvalue weighted by atomic mass is 16.6. The summed E-state index contributed by atoms with van der Waals surface area (Å²) in [7, 11) is 0. The highest BCUT2D eigenvalue weighted by molar-refractivity contribution is 5.88. The van der Waals surface area contributed by atoms with Crippen molar-refractivity contribution in [3.8, 4) is 5.75 Å². The molecule has 2 aromatic carbocycles. The molecular formula is C20H18N4O4. The van der Waals surface area contributed by atoms with Gasteiger partial charge in [-0.1, -0.05) is 42.5 Å². The summed E-state index contributed by atoms with van der Waals surface area (Å²) >= 11 is 0. The summed E-state index contributed by atoms with van der Waals surface area (Å²) in [4.78, 5) is 15.1. The van der Waals surface area contributed by atoms with Crippen molar-refractivity contribution >= 4 is 28.1 Å². The van der Waals surface area contributed by atoms with Crippen molar-refractivity contribution in [3.05, 3.63) is 77.0 Å². The van der Waals surface area contributed by atoms with Gasteiger partial charge in [-0.25, -0.2) is 0 Å². The molecule has 4 aromatic rings. The molecule has 1 unspecified atom stereocenters. The number of hydrogen-bond acceptors (Lipinski definition) is 6. The first-order chi connectivity index (χ1) is 13.6. The van der Waals surface area contributed by atoms with Crippen molar-refractivity contribution in [3.63, 3.8) is 0 Å². The molecule has 8 heteroatoms. The highest BCUT2D eigenvalue weighted by Crippen LogP contribution is 2.26. The van der Waals surface area contributed by atoms with Gasteiger partial charge in [0.1, 0.15) is 18.5 Å². The van der Waals surface area contributed by atoms with Crippen LogP contribution in [-0.2, 0) is 0 Å². The zero-order valence-electron chi connectivity index (χ0n) is 14.9. The highest BCUT2D eigenvalue weighted by Gasteiger charge is 2.22. The number of benzene rings is 2. The first-order valence-corrected chi connectivity index (χ1v) is 8.77. The maximum Gasteiger partial charge on any atom is 0.372 e. The van der Waals surface area contributed by atoms with Gasteiger partial charge in [0.05, 0.1) is 6.20 Å². The van der Waals surface area contributed by atoms with E-state index >= 15 is 0 Å². The predicted molar refractivity (Wildman–Crippen MR) is 106 cm³/mol. The molecule has 0 spiro atoms. The fraction of sp³-hybridized carbons (Fsp3) is 0.150. The lowest BCUT2D eigenvalue weighted by molar-refractivity contribution is -0.389. The molecule has 0 radical (unpaired) electrons. The Labute approximate surface area is 160 Å². The minimum absolute atomic E-state index is 0.0438. The molecule has 0 aliphatic heterocycles. The summed E-state index contributed by atoms with van der Waals surface area (Å²) in [6, 6.07) is 18.7. The lowest BCUT2D eigenvalue weighted by Gasteiger charge is -2.14. The zero-order chi connectivity index (χ0) is 19.5. The number of ether oxygens (including phenoxy) is 1. The molecule has 0 saturated heterocycles. The SMILES string of the molecule is O=[N+]([O-])c1c(NCC(O)COc2cccc3ccccc23)nc2ccccn12. The Morgan fingerprint density at radius 3 is 2.79 bits per heavy atom. The monoisotopic (exact) mass is 378 g/mol. The number of aliphatic hydroxyl groups excluding tert-OH is 1. The number of rotatable bonds is 7. The molecule has 1 atom stereocenters. The standard InChI is InChI=1S/C20H18N4O4/c25-15(13-28-17-9-5-7-14-6-1-2-8-16(14)17)12-21-19-20(24(26)27)23-11-4-3-10-18(23)22-19/h1-11,15,21,25H,12-13H2. The molecule has 8 nitrogen and oxygen atoms in total. The normalized spacial score (nSPS) is 12.2. The van der Waals surface area contributed by atoms with E-state index < -0.39 is 11.0 Å². The zero-order valence-corrected chi connectivity index (χ0v) is 14.9. The molecule has 0 bridgehead atoms. The quantitative estimate of drug-likeness (QED) is 0.378. The maximum atomic E-state index is 11.4. The molecule has 28 heavy (non-hydrogen) atoms. The number of anilines is 1. The topological polar surface area (TPSA) is 102 Å². The minimum Gasteiger partial charge on any atom is -0.490 e. The van der Waals surface area contributed by atoms with Crippen LogP contribution in [0.5, 0.6) is 5.75 Å². The van der Waals surface area contributed by atoms with Crippen molar-refractivity contribution in [2.24, 2.45) is 0 Å². The van der Waals surface area contributed by atoms with Crippen molar-refractivity contribution in [2.45, 2.75) is 6.10 Å². The van der Waals surface area contributed by atoms with E-state index in [0.717, 1.165) is 10.8 Å². The van der Waals surface area contributed by atoms with E-state index in [9.17, 15) is 15.2 Å². The number of pyridine rings is 1. The average Bonchev–Trinajstić information content (AvgIpc) is 3.09. The minimum atomic E-state index is -0.872. The van der Waals surface area contributed by atoms with E-state index in [1.54, 1.807) is 24.4 Å². The number of aliphatic hydroxyl groups is 1. The Morgan fingerprint density at radius 2 is 1.93 bits per heavy atom. The van der Waals surface area contributed by atoms with Crippen molar-refractivity contribution in [1.82, 2.24) is 9.38 Å². The summed E-state index contributed by atoms with van der Waals surface area (Å²) in [6.07, 6.45) is 0.703. The van der Waals surface area contributed by atoms with Crippen molar-refractivity contribution in [1.29, 1.82) is 0 Å². The van der Waals surface area contributed by atoms with E-state index in [1.165, 1.54) is 4.40 Å². The van der Waals surface area contributed by atoms with Crippen molar-refractivity contribution < 1.29 is 14.8 Å². The number of aromatic nitrogens is 2. The molecule has 0 saturated carbocycles. The number of nitrogens with one attached hydrogen (secondary N) is 1. The lowest BCUT2D eigenvalue weighted by atomic mass is 10.1. The van der Waals surface area contributed by atoms with E-state index in [0.29, 0.717) is 11.4 Å². The summed E-state index contributed by atoms with van der Waals surface area (Å²) in [5, 5.41) is 26.5. The van der Waals surface area contributed by atoms with Crippen LogP contribution >= 0.6 is 0 Å². The van der Waals surface area contributed by atoms with Gasteiger partial charge in [-0.3, -0.25) is 0 Å². The third kappa shape index (κ3) is 3.45. The Balaban J connectivity index is 1.44. The van der Waals surface area contributed by atoms with Gasteiger partial charge in [-0.05, 0) is 22.4 Å². The van der Waals surface area contributed by atoms with E-state index in [4.69, 9.17) is 4.74 Å². The van der Waals surface area contributed by atoms with Crippen LogP contribution in [0.3, 0.4) is 0 Å². The third-order valence-corrected chi connectivity index (χ3v) is 4.36. The van der Waals surface area contributed by atoms with Crippen LogP contribution in [0.15, 0.2) is 66.9 Å². The van der Waals surface area contributed by atoms with Crippen molar-refractivity contribution in [2.75, 3.05) is 18.5 Å². The number of nitro groups is 1. The van der Waals surface area contributed by atoms with Gasteiger partial charge in [0, 0.05) is 18.0 Å². The maximum absolute atomic E-state index is 11.4. The fourth-order valence-electron chi connectivity index (χ4n) is 3.06. The largest absolute Gasteiger partial charge is 0.490 e. The molecule has 0 amide bonds. The van der Waals surface area contributed by atoms with Crippen LogP contribution in [0.25, 0.3) is 16.4 Å². The number of hydrogen-bond donors (Lipinski definition) is 2. The number of fused-ring (bicyclic) bond motifs is 2. The molecule has 4 rings (SSSR count). The summed E-state index contributed by atoms with van der Waals surface area (Å²) in [5.74, 6) is 0.619. The number of imidazole rings is 1. The van der Waals surface area contributed by atoms with Crippen LogP contribution in [0, 0.1) is 10.1 Å². The molecular weight excluding hydrogens is 360 g/mol. The molecule has 0 fully saturated rings. The van der Waals surface area contributed by atoms with Crippen LogP contribution in [-0.4, -0.2) is 38.7 Å². The average molecular weight is 378 g/mol. The van der Waals surface area contributed by atoms with Gasteiger partial charge >= 0.3 is 5.82 Å². The Kier molecular flexibility index (Phi) is 4.77. The van der Waals surface area contributed by atoms with Crippen LogP contribution < -0.4 is 10.1 Å². The molecule has 2 aromatic heterocycles. The first-order valence-electron chi connectivity index (χ1n) is 8.77. The number of nitrogens with zero attached hydrogens (tertiary/aromatic N) is 3.